The Morgan fingerprint density at radius 1 is 1.24 bits per heavy atom. The van der Waals surface area contributed by atoms with Gasteiger partial charge >= 0.3 is 0 Å². The van der Waals surface area contributed by atoms with Gasteiger partial charge in [-0.15, -0.1) is 0 Å². The van der Waals surface area contributed by atoms with E-state index in [1.807, 2.05) is 44.2 Å². The molecule has 0 aliphatic carbocycles. The molecule has 3 rings (SSSR count). The lowest BCUT2D eigenvalue weighted by Gasteiger charge is -2.32. The molecule has 4 heteroatoms. The Kier molecular flexibility index (Phi) is 3.64. The SMILES string of the molecule is Cc1ccc2cccc(NC(=O)C3(C)CCNCC3)c2n1. The van der Waals surface area contributed by atoms with Gasteiger partial charge in [0.15, 0.2) is 0 Å². The van der Waals surface area contributed by atoms with Crippen molar-refractivity contribution in [1.82, 2.24) is 10.3 Å². The summed E-state index contributed by atoms with van der Waals surface area (Å²) in [5.74, 6) is 0.0970. The van der Waals surface area contributed by atoms with Crippen molar-refractivity contribution in [2.75, 3.05) is 18.4 Å². The molecule has 0 bridgehead atoms. The molecule has 21 heavy (non-hydrogen) atoms. The number of anilines is 1. The Hall–Kier alpha value is -1.94. The molecule has 1 aromatic heterocycles. The van der Waals surface area contributed by atoms with Crippen LogP contribution in [0.1, 0.15) is 25.5 Å². The minimum Gasteiger partial charge on any atom is -0.324 e. The number of hydrogen-bond donors (Lipinski definition) is 2. The van der Waals surface area contributed by atoms with Gasteiger partial charge < -0.3 is 10.6 Å². The molecular formula is C17H21N3O. The molecule has 110 valence electrons. The maximum Gasteiger partial charge on any atom is 0.230 e. The lowest BCUT2D eigenvalue weighted by molar-refractivity contribution is -0.126. The number of carbonyl (C=O) groups is 1. The number of piperidine rings is 1. The Bertz CT molecular complexity index is 675. The van der Waals surface area contributed by atoms with E-state index < -0.39 is 0 Å². The first-order chi connectivity index (χ1) is 10.1. The molecule has 1 fully saturated rings. The fourth-order valence-corrected chi connectivity index (χ4v) is 2.82. The Labute approximate surface area is 125 Å². The van der Waals surface area contributed by atoms with Crippen LogP contribution in [-0.2, 0) is 4.79 Å². The summed E-state index contributed by atoms with van der Waals surface area (Å²) in [4.78, 5) is 17.2. The van der Waals surface area contributed by atoms with E-state index in [2.05, 4.69) is 15.6 Å². The molecule has 1 aliphatic heterocycles. The van der Waals surface area contributed by atoms with E-state index in [0.717, 1.165) is 48.2 Å². The van der Waals surface area contributed by atoms with Crippen molar-refractivity contribution in [1.29, 1.82) is 0 Å². The fraction of sp³-hybridized carbons (Fsp3) is 0.412. The molecule has 0 unspecified atom stereocenters. The van der Waals surface area contributed by atoms with Gasteiger partial charge in [0, 0.05) is 16.5 Å². The summed E-state index contributed by atoms with van der Waals surface area (Å²) in [7, 11) is 0. The summed E-state index contributed by atoms with van der Waals surface area (Å²) >= 11 is 0. The Morgan fingerprint density at radius 2 is 2.00 bits per heavy atom. The van der Waals surface area contributed by atoms with Gasteiger partial charge in [0.25, 0.3) is 0 Å². The maximum atomic E-state index is 12.7. The second kappa shape index (κ2) is 5.45. The third kappa shape index (κ3) is 2.76. The van der Waals surface area contributed by atoms with E-state index in [9.17, 15) is 4.79 Å². The van der Waals surface area contributed by atoms with Gasteiger partial charge in [-0.1, -0.05) is 25.1 Å². The van der Waals surface area contributed by atoms with Crippen LogP contribution in [0.2, 0.25) is 0 Å². The number of aryl methyl sites for hydroxylation is 1. The molecule has 0 radical (unpaired) electrons. The highest BCUT2D eigenvalue weighted by Crippen LogP contribution is 2.31. The van der Waals surface area contributed by atoms with Gasteiger partial charge in [-0.05, 0) is 45.0 Å². The van der Waals surface area contributed by atoms with Gasteiger partial charge in [-0.2, -0.15) is 0 Å². The minimum absolute atomic E-state index is 0.0970. The number of amides is 1. The number of pyridine rings is 1. The molecule has 2 aromatic rings. The van der Waals surface area contributed by atoms with Crippen LogP contribution in [0.25, 0.3) is 10.9 Å². The summed E-state index contributed by atoms with van der Waals surface area (Å²) in [5, 5.41) is 7.45. The molecule has 0 atom stereocenters. The lowest BCUT2D eigenvalue weighted by atomic mass is 9.80. The van der Waals surface area contributed by atoms with Gasteiger partial charge in [0.05, 0.1) is 11.2 Å². The number of hydrogen-bond acceptors (Lipinski definition) is 3. The molecule has 1 aliphatic rings. The first-order valence-corrected chi connectivity index (χ1v) is 7.47. The molecule has 1 amide bonds. The molecule has 0 saturated carbocycles. The number of carbonyl (C=O) groups excluding carboxylic acids is 1. The number of rotatable bonds is 2. The molecule has 1 saturated heterocycles. The van der Waals surface area contributed by atoms with E-state index in [0.29, 0.717) is 0 Å². The van der Waals surface area contributed by atoms with Gasteiger partial charge in [-0.3, -0.25) is 9.78 Å². The predicted molar refractivity (Wildman–Crippen MR) is 85.3 cm³/mol. The average molecular weight is 283 g/mol. The van der Waals surface area contributed by atoms with Crippen molar-refractivity contribution < 1.29 is 4.79 Å². The largest absolute Gasteiger partial charge is 0.324 e. The zero-order valence-corrected chi connectivity index (χ0v) is 12.6. The second-order valence-corrected chi connectivity index (χ2v) is 6.09. The van der Waals surface area contributed by atoms with Crippen molar-refractivity contribution in [3.63, 3.8) is 0 Å². The zero-order chi connectivity index (χ0) is 14.9. The van der Waals surface area contributed by atoms with Crippen molar-refractivity contribution in [2.45, 2.75) is 26.7 Å². The van der Waals surface area contributed by atoms with Gasteiger partial charge in [-0.25, -0.2) is 0 Å². The zero-order valence-electron chi connectivity index (χ0n) is 12.6. The smallest absolute Gasteiger partial charge is 0.230 e. The first-order valence-electron chi connectivity index (χ1n) is 7.47. The third-order valence-corrected chi connectivity index (χ3v) is 4.36. The van der Waals surface area contributed by atoms with Crippen molar-refractivity contribution in [3.8, 4) is 0 Å². The molecule has 2 N–H and O–H groups in total. The van der Waals surface area contributed by atoms with Crippen LogP contribution in [0.15, 0.2) is 30.3 Å². The Balaban J connectivity index is 1.91. The first kappa shape index (κ1) is 14.0. The van der Waals surface area contributed by atoms with Crippen molar-refractivity contribution in [2.24, 2.45) is 5.41 Å². The monoisotopic (exact) mass is 283 g/mol. The van der Waals surface area contributed by atoms with Crippen molar-refractivity contribution >= 4 is 22.5 Å². The summed E-state index contributed by atoms with van der Waals surface area (Å²) in [6.07, 6.45) is 1.74. The maximum absolute atomic E-state index is 12.7. The standard InChI is InChI=1S/C17H21N3O/c1-12-6-7-13-4-3-5-14(15(13)19-12)20-16(21)17(2)8-10-18-11-9-17/h3-7,18H,8-11H2,1-2H3,(H,20,21). The van der Waals surface area contributed by atoms with E-state index in [-0.39, 0.29) is 11.3 Å². The number of aromatic nitrogens is 1. The van der Waals surface area contributed by atoms with Crippen LogP contribution < -0.4 is 10.6 Å². The second-order valence-electron chi connectivity index (χ2n) is 6.09. The van der Waals surface area contributed by atoms with Gasteiger partial charge in [0.1, 0.15) is 0 Å². The van der Waals surface area contributed by atoms with Crippen LogP contribution >= 0.6 is 0 Å². The number of nitrogens with one attached hydrogen (secondary N) is 2. The molecule has 4 nitrogen and oxygen atoms in total. The summed E-state index contributed by atoms with van der Waals surface area (Å²) < 4.78 is 0. The normalized spacial score (nSPS) is 17.6. The van der Waals surface area contributed by atoms with E-state index >= 15 is 0 Å². The van der Waals surface area contributed by atoms with Crippen LogP contribution in [0, 0.1) is 12.3 Å². The van der Waals surface area contributed by atoms with Crippen LogP contribution in [-0.4, -0.2) is 24.0 Å². The molecule has 0 spiro atoms. The number of fused-ring (bicyclic) bond motifs is 1. The Morgan fingerprint density at radius 3 is 2.76 bits per heavy atom. The van der Waals surface area contributed by atoms with Gasteiger partial charge in [0.2, 0.25) is 5.91 Å². The fourth-order valence-electron chi connectivity index (χ4n) is 2.82. The molecular weight excluding hydrogens is 262 g/mol. The number of para-hydroxylation sites is 1. The lowest BCUT2D eigenvalue weighted by Crippen LogP contribution is -2.42. The predicted octanol–water partition coefficient (Wildman–Crippen LogP) is 2.87. The number of benzene rings is 1. The van der Waals surface area contributed by atoms with E-state index in [1.54, 1.807) is 0 Å². The quantitative estimate of drug-likeness (QED) is 0.891. The summed E-state index contributed by atoms with van der Waals surface area (Å²) in [6.45, 7) is 5.81. The van der Waals surface area contributed by atoms with E-state index in [4.69, 9.17) is 0 Å². The third-order valence-electron chi connectivity index (χ3n) is 4.36. The average Bonchev–Trinajstić information content (AvgIpc) is 2.48. The molecule has 1 aromatic carbocycles. The topological polar surface area (TPSA) is 54.0 Å². The highest BCUT2D eigenvalue weighted by molar-refractivity contribution is 6.02. The van der Waals surface area contributed by atoms with Crippen LogP contribution in [0.5, 0.6) is 0 Å². The highest BCUT2D eigenvalue weighted by Gasteiger charge is 2.34. The summed E-state index contributed by atoms with van der Waals surface area (Å²) in [6, 6.07) is 9.93. The highest BCUT2D eigenvalue weighted by atomic mass is 16.2. The molecule has 2 heterocycles. The van der Waals surface area contributed by atoms with Crippen LogP contribution in [0.4, 0.5) is 5.69 Å². The van der Waals surface area contributed by atoms with E-state index in [1.165, 1.54) is 0 Å². The summed E-state index contributed by atoms with van der Waals surface area (Å²) in [5.41, 5.74) is 2.33. The minimum atomic E-state index is -0.294. The number of nitrogens with zero attached hydrogens (tertiary/aromatic N) is 1. The van der Waals surface area contributed by atoms with Crippen molar-refractivity contribution in [3.05, 3.63) is 36.0 Å². The van der Waals surface area contributed by atoms with Crippen LogP contribution in [0.3, 0.4) is 0 Å².